The molecule has 0 aromatic heterocycles. The second kappa shape index (κ2) is 5.96. The number of amidine groups is 1. The van der Waals surface area contributed by atoms with Crippen molar-refractivity contribution in [3.8, 4) is 0 Å². The van der Waals surface area contributed by atoms with Crippen LogP contribution in [0.15, 0.2) is 41.1 Å². The summed E-state index contributed by atoms with van der Waals surface area (Å²) in [7, 11) is 3.09. The number of aliphatic imine (C=N–C) groups is 1. The smallest absolute Gasteiger partial charge is 0.445 e. The Kier molecular flexibility index (Phi) is 4.00. The minimum atomic E-state index is -0.702. The SMILES string of the molecule is COC1=CC=NC2=[N+](C)C(=O)N(Cc3cccc(Cl)c3)C(=O)C12. The number of carbonyl (C=O) groups is 2. The van der Waals surface area contributed by atoms with Crippen LogP contribution in [0.1, 0.15) is 5.56 Å². The molecule has 1 aromatic carbocycles. The van der Waals surface area contributed by atoms with Gasteiger partial charge in [0.2, 0.25) is 0 Å². The average Bonchev–Trinajstić information content (AvgIpc) is 2.56. The summed E-state index contributed by atoms with van der Waals surface area (Å²) in [5, 5.41) is 0.555. The van der Waals surface area contributed by atoms with Crippen LogP contribution < -0.4 is 0 Å². The Bertz CT molecular complexity index is 783. The zero-order chi connectivity index (χ0) is 16.6. The highest BCUT2D eigenvalue weighted by Crippen LogP contribution is 2.26. The van der Waals surface area contributed by atoms with Crippen molar-refractivity contribution in [1.29, 1.82) is 0 Å². The number of imide groups is 1. The molecule has 23 heavy (non-hydrogen) atoms. The number of hydrogen-bond donors (Lipinski definition) is 0. The Hall–Kier alpha value is -2.47. The molecule has 118 valence electrons. The molecule has 2 aliphatic rings. The second-order valence-electron chi connectivity index (χ2n) is 5.24. The molecule has 1 unspecified atom stereocenters. The monoisotopic (exact) mass is 332 g/mol. The zero-order valence-corrected chi connectivity index (χ0v) is 13.4. The van der Waals surface area contributed by atoms with Crippen LogP contribution in [0.25, 0.3) is 0 Å². The van der Waals surface area contributed by atoms with Crippen LogP contribution in [0.5, 0.6) is 0 Å². The van der Waals surface area contributed by atoms with Crippen LogP contribution in [0, 0.1) is 5.92 Å². The van der Waals surface area contributed by atoms with Gasteiger partial charge in [0.15, 0.2) is 5.92 Å². The lowest BCUT2D eigenvalue weighted by Crippen LogP contribution is -2.54. The van der Waals surface area contributed by atoms with E-state index in [1.807, 2.05) is 6.07 Å². The first-order valence-corrected chi connectivity index (χ1v) is 7.39. The topological polar surface area (TPSA) is 62.0 Å². The number of methoxy groups -OCH3 is 1. The van der Waals surface area contributed by atoms with Crippen molar-refractivity contribution in [3.05, 3.63) is 46.7 Å². The van der Waals surface area contributed by atoms with E-state index in [4.69, 9.17) is 16.3 Å². The maximum Gasteiger partial charge on any atom is 0.445 e. The van der Waals surface area contributed by atoms with Gasteiger partial charge < -0.3 is 4.74 Å². The fraction of sp³-hybridized carbons (Fsp3) is 0.250. The van der Waals surface area contributed by atoms with Crippen molar-refractivity contribution in [3.63, 3.8) is 0 Å². The Balaban J connectivity index is 1.99. The molecule has 0 aliphatic carbocycles. The molecule has 6 nitrogen and oxygen atoms in total. The number of allylic oxidation sites excluding steroid dienone is 1. The quantitative estimate of drug-likeness (QED) is 0.796. The van der Waals surface area contributed by atoms with Gasteiger partial charge in [0.1, 0.15) is 18.5 Å². The predicted molar refractivity (Wildman–Crippen MR) is 85.7 cm³/mol. The third kappa shape index (κ3) is 2.66. The molecule has 0 bridgehead atoms. The number of benzene rings is 1. The maximum atomic E-state index is 12.8. The minimum Gasteiger partial charge on any atom is -0.499 e. The number of halogens is 1. The van der Waals surface area contributed by atoms with Gasteiger partial charge in [0.25, 0.3) is 5.84 Å². The van der Waals surface area contributed by atoms with Gasteiger partial charge in [-0.05, 0) is 17.7 Å². The average molecular weight is 333 g/mol. The number of fused-ring (bicyclic) bond motifs is 1. The number of hydrogen-bond acceptors (Lipinski definition) is 4. The predicted octanol–water partition coefficient (Wildman–Crippen LogP) is 2.07. The lowest BCUT2D eigenvalue weighted by atomic mass is 9.99. The molecule has 0 radical (unpaired) electrons. The molecule has 0 fully saturated rings. The molecule has 0 saturated heterocycles. The lowest BCUT2D eigenvalue weighted by Gasteiger charge is -2.27. The van der Waals surface area contributed by atoms with Crippen molar-refractivity contribution in [2.45, 2.75) is 6.54 Å². The van der Waals surface area contributed by atoms with E-state index < -0.39 is 11.9 Å². The normalized spacial score (nSPS) is 20.6. The number of nitrogens with zero attached hydrogens (tertiary/aromatic N) is 3. The van der Waals surface area contributed by atoms with Gasteiger partial charge in [0, 0.05) is 11.1 Å². The van der Waals surface area contributed by atoms with Crippen LogP contribution in [-0.4, -0.2) is 47.6 Å². The molecular formula is C16H15ClN3O3+. The number of carbonyl (C=O) groups excluding carboxylic acids is 2. The van der Waals surface area contributed by atoms with Crippen molar-refractivity contribution >= 4 is 35.6 Å². The van der Waals surface area contributed by atoms with Gasteiger partial charge in [-0.3, -0.25) is 4.79 Å². The first-order valence-electron chi connectivity index (χ1n) is 7.01. The van der Waals surface area contributed by atoms with E-state index in [9.17, 15) is 9.59 Å². The number of ether oxygens (including phenoxy) is 1. The van der Waals surface area contributed by atoms with E-state index in [2.05, 4.69) is 4.99 Å². The van der Waals surface area contributed by atoms with Gasteiger partial charge >= 0.3 is 11.9 Å². The highest BCUT2D eigenvalue weighted by Gasteiger charge is 2.49. The second-order valence-corrected chi connectivity index (χ2v) is 5.67. The van der Waals surface area contributed by atoms with Gasteiger partial charge in [-0.1, -0.05) is 23.7 Å². The van der Waals surface area contributed by atoms with Crippen LogP contribution in [-0.2, 0) is 16.1 Å². The Morgan fingerprint density at radius 2 is 2.17 bits per heavy atom. The molecular weight excluding hydrogens is 318 g/mol. The Morgan fingerprint density at radius 3 is 2.87 bits per heavy atom. The molecule has 0 saturated carbocycles. The summed E-state index contributed by atoms with van der Waals surface area (Å²) in [6, 6.07) is 6.65. The summed E-state index contributed by atoms with van der Waals surface area (Å²) in [5.74, 6) is -0.211. The minimum absolute atomic E-state index is 0.146. The molecule has 1 aromatic rings. The highest BCUT2D eigenvalue weighted by atomic mass is 35.5. The van der Waals surface area contributed by atoms with E-state index >= 15 is 0 Å². The summed E-state index contributed by atoms with van der Waals surface area (Å²) < 4.78 is 6.65. The maximum absolute atomic E-state index is 12.8. The van der Waals surface area contributed by atoms with Crippen molar-refractivity contribution in [2.75, 3.05) is 14.2 Å². The molecule has 2 heterocycles. The number of amides is 3. The summed E-state index contributed by atoms with van der Waals surface area (Å²) >= 11 is 5.97. The van der Waals surface area contributed by atoms with E-state index in [0.29, 0.717) is 16.6 Å². The van der Waals surface area contributed by atoms with E-state index in [0.717, 1.165) is 5.56 Å². The third-order valence-electron chi connectivity index (χ3n) is 3.83. The van der Waals surface area contributed by atoms with Crippen LogP contribution >= 0.6 is 11.6 Å². The molecule has 0 N–H and O–H groups in total. The summed E-state index contributed by atoms with van der Waals surface area (Å²) in [5.41, 5.74) is 0.776. The molecule has 1 atom stereocenters. The van der Waals surface area contributed by atoms with E-state index in [-0.39, 0.29) is 12.5 Å². The van der Waals surface area contributed by atoms with Gasteiger partial charge in [-0.15, -0.1) is 4.99 Å². The largest absolute Gasteiger partial charge is 0.499 e. The standard InChI is InChI=1S/C16H15ClN3O3/c1-19-14-13(12(23-2)6-7-18-14)15(21)20(16(19)22)9-10-4-3-5-11(17)8-10/h3-8,13H,9H2,1-2H3/q+1. The van der Waals surface area contributed by atoms with Crippen molar-refractivity contribution < 1.29 is 18.9 Å². The number of urea groups is 1. The zero-order valence-electron chi connectivity index (χ0n) is 12.7. The Morgan fingerprint density at radius 1 is 1.39 bits per heavy atom. The molecule has 2 aliphatic heterocycles. The van der Waals surface area contributed by atoms with Gasteiger partial charge in [-0.25, -0.2) is 4.79 Å². The molecule has 3 amide bonds. The lowest BCUT2D eigenvalue weighted by molar-refractivity contribution is -0.409. The highest BCUT2D eigenvalue weighted by molar-refractivity contribution is 6.30. The molecule has 0 spiro atoms. The number of dihydropyridines is 1. The molecule has 7 heteroatoms. The fourth-order valence-corrected chi connectivity index (χ4v) is 2.89. The van der Waals surface area contributed by atoms with E-state index in [1.54, 1.807) is 31.3 Å². The van der Waals surface area contributed by atoms with Crippen molar-refractivity contribution in [2.24, 2.45) is 10.9 Å². The third-order valence-corrected chi connectivity index (χ3v) is 4.06. The Labute approximate surface area is 138 Å². The summed E-state index contributed by atoms with van der Waals surface area (Å²) in [6.07, 6.45) is 3.15. The van der Waals surface area contributed by atoms with Crippen LogP contribution in [0.3, 0.4) is 0 Å². The molecule has 3 rings (SSSR count). The van der Waals surface area contributed by atoms with Crippen molar-refractivity contribution in [1.82, 2.24) is 4.90 Å². The van der Waals surface area contributed by atoms with Gasteiger partial charge in [0.05, 0.1) is 14.2 Å². The number of rotatable bonds is 3. The summed E-state index contributed by atoms with van der Waals surface area (Å²) in [4.78, 5) is 30.7. The van der Waals surface area contributed by atoms with Crippen LogP contribution in [0.4, 0.5) is 4.79 Å². The first-order chi connectivity index (χ1) is 11.0. The first kappa shape index (κ1) is 15.4. The van der Waals surface area contributed by atoms with Gasteiger partial charge in [-0.2, -0.15) is 9.48 Å². The van der Waals surface area contributed by atoms with E-state index in [1.165, 1.54) is 22.8 Å². The fourth-order valence-electron chi connectivity index (χ4n) is 2.68. The van der Waals surface area contributed by atoms with Crippen LogP contribution in [0.2, 0.25) is 5.02 Å². The summed E-state index contributed by atoms with van der Waals surface area (Å²) in [6.45, 7) is 0.146.